The summed E-state index contributed by atoms with van der Waals surface area (Å²) in [7, 11) is 1.72. The fourth-order valence-corrected chi connectivity index (χ4v) is 2.58. The number of nitrogens with zero attached hydrogens (tertiary/aromatic N) is 4. The molecule has 9 heteroatoms. The summed E-state index contributed by atoms with van der Waals surface area (Å²) >= 11 is 0. The average molecular weight is 388 g/mol. The Morgan fingerprint density at radius 2 is 1.93 bits per heavy atom. The van der Waals surface area contributed by atoms with E-state index in [2.05, 4.69) is 15.1 Å². The van der Waals surface area contributed by atoms with Gasteiger partial charge in [-0.2, -0.15) is 13.9 Å². The van der Waals surface area contributed by atoms with E-state index in [1.807, 2.05) is 0 Å². The van der Waals surface area contributed by atoms with Gasteiger partial charge in [-0.1, -0.05) is 6.92 Å². The molecule has 3 rings (SSSR count). The van der Waals surface area contributed by atoms with Crippen molar-refractivity contribution < 1.29 is 23.4 Å². The molecule has 0 aliphatic rings. The summed E-state index contributed by atoms with van der Waals surface area (Å²) in [5.41, 5.74) is 1.27. The third kappa shape index (κ3) is 4.48. The second kappa shape index (κ2) is 7.71. The third-order valence-electron chi connectivity index (χ3n) is 3.87. The molecule has 0 saturated carbocycles. The van der Waals surface area contributed by atoms with E-state index in [0.29, 0.717) is 23.2 Å². The molecule has 7 nitrogen and oxygen atoms in total. The zero-order valence-corrected chi connectivity index (χ0v) is 15.3. The van der Waals surface area contributed by atoms with Crippen LogP contribution in [-0.2, 0) is 7.05 Å². The van der Waals surface area contributed by atoms with Crippen molar-refractivity contribution in [2.24, 2.45) is 7.05 Å². The van der Waals surface area contributed by atoms with Gasteiger partial charge in [0.15, 0.2) is 11.5 Å². The maximum absolute atomic E-state index is 13.6. The van der Waals surface area contributed by atoms with Gasteiger partial charge in [0.05, 0.1) is 23.9 Å². The molecule has 2 aromatic heterocycles. The van der Waals surface area contributed by atoms with E-state index >= 15 is 0 Å². The number of aryl methyl sites for hydroxylation is 1. The van der Waals surface area contributed by atoms with Crippen LogP contribution >= 0.6 is 0 Å². The highest BCUT2D eigenvalue weighted by Crippen LogP contribution is 2.28. The van der Waals surface area contributed by atoms with Gasteiger partial charge < -0.3 is 9.84 Å². The van der Waals surface area contributed by atoms with Crippen LogP contribution in [0.2, 0.25) is 0 Å². The van der Waals surface area contributed by atoms with Gasteiger partial charge in [0.25, 0.3) is 0 Å². The van der Waals surface area contributed by atoms with Crippen molar-refractivity contribution in [3.05, 3.63) is 48.4 Å². The lowest BCUT2D eigenvalue weighted by atomic mass is 10.1. The molecular weight excluding hydrogens is 370 g/mol. The molecule has 0 aliphatic heterocycles. The number of carbonyl (C=O) groups is 1. The van der Waals surface area contributed by atoms with Gasteiger partial charge in [0.2, 0.25) is 0 Å². The zero-order valence-electron chi connectivity index (χ0n) is 15.3. The number of rotatable bonds is 7. The monoisotopic (exact) mass is 388 g/mol. The molecule has 0 amide bonds. The first kappa shape index (κ1) is 19.4. The van der Waals surface area contributed by atoms with Crippen molar-refractivity contribution in [3.63, 3.8) is 0 Å². The number of aromatic nitrogens is 4. The van der Waals surface area contributed by atoms with Crippen LogP contribution in [0, 0.1) is 0 Å². The highest BCUT2D eigenvalue weighted by Gasteiger charge is 2.30. The summed E-state index contributed by atoms with van der Waals surface area (Å²) in [6.45, 7) is 1.65. The summed E-state index contributed by atoms with van der Waals surface area (Å²) in [5, 5.41) is 13.4. The summed E-state index contributed by atoms with van der Waals surface area (Å²) in [6.07, 6.45) is -0.137. The molecule has 0 radical (unpaired) electrons. The smallest absolute Gasteiger partial charge is 0.397 e. The molecule has 0 fully saturated rings. The van der Waals surface area contributed by atoms with Gasteiger partial charge in [-0.25, -0.2) is 14.8 Å². The van der Waals surface area contributed by atoms with E-state index in [1.54, 1.807) is 37.0 Å². The Hall–Kier alpha value is -3.36. The number of alkyl halides is 2. The van der Waals surface area contributed by atoms with Gasteiger partial charge in [0, 0.05) is 18.8 Å². The molecular formula is C19H18F2N4O3. The number of carboxylic acids is 1. The predicted octanol–water partition coefficient (Wildman–Crippen LogP) is 4.01. The molecule has 0 bridgehead atoms. The van der Waals surface area contributed by atoms with Crippen LogP contribution < -0.4 is 4.74 Å². The van der Waals surface area contributed by atoms with Crippen LogP contribution in [0.25, 0.3) is 22.6 Å². The highest BCUT2D eigenvalue weighted by atomic mass is 19.3. The topological polar surface area (TPSA) is 90.1 Å². The fourth-order valence-electron chi connectivity index (χ4n) is 2.58. The summed E-state index contributed by atoms with van der Waals surface area (Å²) in [6, 6.07) is 7.19. The van der Waals surface area contributed by atoms with Crippen molar-refractivity contribution in [1.82, 2.24) is 19.7 Å². The largest absolute Gasteiger partial charge is 0.477 e. The van der Waals surface area contributed by atoms with Crippen molar-refractivity contribution in [2.75, 3.05) is 0 Å². The van der Waals surface area contributed by atoms with E-state index in [-0.39, 0.29) is 23.7 Å². The molecule has 146 valence electrons. The van der Waals surface area contributed by atoms with Crippen molar-refractivity contribution >= 4 is 5.97 Å². The minimum absolute atomic E-state index is 0.0159. The third-order valence-corrected chi connectivity index (χ3v) is 3.87. The van der Waals surface area contributed by atoms with Crippen LogP contribution in [-0.4, -0.2) is 36.9 Å². The second-order valence-electron chi connectivity index (χ2n) is 6.18. The van der Waals surface area contributed by atoms with Crippen LogP contribution in [0.1, 0.15) is 30.3 Å². The Labute approximate surface area is 159 Å². The van der Waals surface area contributed by atoms with E-state index in [1.165, 1.54) is 24.4 Å². The van der Waals surface area contributed by atoms with E-state index in [0.717, 1.165) is 0 Å². The second-order valence-corrected chi connectivity index (χ2v) is 6.18. The lowest BCUT2D eigenvalue weighted by Crippen LogP contribution is -2.24. The maximum Gasteiger partial charge on any atom is 0.397 e. The Kier molecular flexibility index (Phi) is 5.34. The van der Waals surface area contributed by atoms with Crippen LogP contribution in [0.4, 0.5) is 8.78 Å². The summed E-state index contributed by atoms with van der Waals surface area (Å²) in [4.78, 5) is 19.9. The molecule has 3 aromatic rings. The molecule has 0 aliphatic carbocycles. The number of carboxylic acid groups (broad SMARTS) is 1. The lowest BCUT2D eigenvalue weighted by molar-refractivity contribution is -0.180. The fraction of sp³-hybridized carbons (Fsp3) is 0.263. The first-order valence-corrected chi connectivity index (χ1v) is 8.56. The Morgan fingerprint density at radius 3 is 2.50 bits per heavy atom. The van der Waals surface area contributed by atoms with Gasteiger partial charge in [-0.15, -0.1) is 0 Å². The number of halogens is 2. The number of aromatic carboxylic acids is 1. The number of hydrogen-bond donors (Lipinski definition) is 1. The first-order chi connectivity index (χ1) is 13.3. The van der Waals surface area contributed by atoms with E-state index < -0.39 is 12.1 Å². The molecule has 1 N–H and O–H groups in total. The van der Waals surface area contributed by atoms with Crippen LogP contribution in [0.3, 0.4) is 0 Å². The molecule has 1 aromatic carbocycles. The summed E-state index contributed by atoms with van der Waals surface area (Å²) < 4.78 is 33.5. The van der Waals surface area contributed by atoms with Crippen LogP contribution in [0.15, 0.2) is 42.7 Å². The molecule has 0 atom stereocenters. The molecule has 0 saturated heterocycles. The van der Waals surface area contributed by atoms with Crippen molar-refractivity contribution in [3.8, 4) is 28.4 Å². The van der Waals surface area contributed by atoms with Gasteiger partial charge in [-0.3, -0.25) is 4.68 Å². The predicted molar refractivity (Wildman–Crippen MR) is 97.1 cm³/mol. The summed E-state index contributed by atoms with van der Waals surface area (Å²) in [5.74, 6) is -0.979. The van der Waals surface area contributed by atoms with Crippen molar-refractivity contribution in [2.45, 2.75) is 25.9 Å². The van der Waals surface area contributed by atoms with Crippen molar-refractivity contribution in [1.29, 1.82) is 0 Å². The average Bonchev–Trinajstić information content (AvgIpc) is 3.08. The standard InChI is InChI=1S/C19H18F2N4O3/c1-3-8-19(20,21)28-14-6-4-12(5-7-14)15-9-16(18(26)27)24-17(23-15)13-10-22-25(2)11-13/h4-7,9-11H,3,8H2,1-2H3,(H,26,27). The van der Waals surface area contributed by atoms with Crippen LogP contribution in [0.5, 0.6) is 5.75 Å². The Morgan fingerprint density at radius 1 is 1.21 bits per heavy atom. The zero-order chi connectivity index (χ0) is 20.3. The Bertz CT molecular complexity index is 987. The molecule has 0 spiro atoms. The van der Waals surface area contributed by atoms with E-state index in [9.17, 15) is 18.7 Å². The van der Waals surface area contributed by atoms with Gasteiger partial charge in [0.1, 0.15) is 5.75 Å². The molecule has 0 unspecified atom stereocenters. The molecule has 2 heterocycles. The number of hydrogen-bond acceptors (Lipinski definition) is 5. The highest BCUT2D eigenvalue weighted by molar-refractivity contribution is 5.87. The first-order valence-electron chi connectivity index (χ1n) is 8.56. The lowest BCUT2D eigenvalue weighted by Gasteiger charge is -2.17. The van der Waals surface area contributed by atoms with E-state index in [4.69, 9.17) is 4.74 Å². The molecule has 28 heavy (non-hydrogen) atoms. The Balaban J connectivity index is 1.94. The van der Waals surface area contributed by atoms with Gasteiger partial charge in [-0.05, 0) is 36.8 Å². The normalized spacial score (nSPS) is 11.4. The number of ether oxygens (including phenoxy) is 1. The number of benzene rings is 1. The quantitative estimate of drug-likeness (QED) is 0.658. The SMILES string of the molecule is CCCC(F)(F)Oc1ccc(-c2cc(C(=O)O)nc(-c3cnn(C)c3)n2)cc1. The minimum atomic E-state index is -3.24. The maximum atomic E-state index is 13.6. The minimum Gasteiger partial charge on any atom is -0.477 e. The van der Waals surface area contributed by atoms with Gasteiger partial charge >= 0.3 is 12.1 Å².